The minimum absolute atomic E-state index is 0.279. The van der Waals surface area contributed by atoms with Gasteiger partial charge in [-0.3, -0.25) is 0 Å². The Bertz CT molecular complexity index is 1640. The van der Waals surface area contributed by atoms with Gasteiger partial charge in [0, 0.05) is 48.2 Å². The maximum absolute atomic E-state index is 11.5. The molecule has 1 aromatic heterocycles. The molecule has 0 amide bonds. The predicted octanol–water partition coefficient (Wildman–Crippen LogP) is 6.24. The number of aliphatic hydroxyl groups excluding tert-OH is 1. The second-order valence-corrected chi connectivity index (χ2v) is 12.7. The van der Waals surface area contributed by atoms with Crippen LogP contribution in [0.4, 0.5) is 5.69 Å². The number of aryl methyl sites for hydroxylation is 1. The van der Waals surface area contributed by atoms with Crippen molar-refractivity contribution in [3.05, 3.63) is 102 Å². The van der Waals surface area contributed by atoms with Crippen molar-refractivity contribution in [3.8, 4) is 0 Å². The van der Waals surface area contributed by atoms with E-state index in [-0.39, 0.29) is 16.8 Å². The van der Waals surface area contributed by atoms with Crippen molar-refractivity contribution in [2.45, 2.75) is 64.1 Å². The fourth-order valence-corrected chi connectivity index (χ4v) is 5.90. The molecule has 0 saturated carbocycles. The second-order valence-electron chi connectivity index (χ2n) is 12.1. The first-order valence-electron chi connectivity index (χ1n) is 15.5. The van der Waals surface area contributed by atoms with E-state index >= 15 is 0 Å². The fraction of sp³-hybridized carbons (Fsp3) is 0.400. The van der Waals surface area contributed by atoms with E-state index in [2.05, 4.69) is 39.1 Å². The summed E-state index contributed by atoms with van der Waals surface area (Å²) < 4.78 is 27.6. The summed E-state index contributed by atoms with van der Waals surface area (Å²) in [7, 11) is -2.55. The monoisotopic (exact) mass is 632 g/mol. The van der Waals surface area contributed by atoms with Crippen molar-refractivity contribution < 1.29 is 23.4 Å². The van der Waals surface area contributed by atoms with Gasteiger partial charge in [0.25, 0.3) is 0 Å². The SMILES string of the molecule is CC(C)(CCn1c(CCN2CCCCC2)cc2cc(C(=O)O)ccc21)NCC(O)c1cccc(N=S(=O)=O)c1.c1ccccc1. The molecule has 3 aromatic carbocycles. The van der Waals surface area contributed by atoms with Gasteiger partial charge in [-0.1, -0.05) is 55.0 Å². The Kier molecular flexibility index (Phi) is 12.5. The van der Waals surface area contributed by atoms with Gasteiger partial charge in [0.2, 0.25) is 0 Å². The number of rotatable bonds is 12. The summed E-state index contributed by atoms with van der Waals surface area (Å²) in [6, 6.07) is 26.0. The van der Waals surface area contributed by atoms with E-state index in [4.69, 9.17) is 0 Å². The maximum atomic E-state index is 11.5. The molecule has 1 saturated heterocycles. The van der Waals surface area contributed by atoms with Gasteiger partial charge in [-0.25, -0.2) is 4.79 Å². The number of carboxylic acid groups (broad SMARTS) is 1. The van der Waals surface area contributed by atoms with Crippen LogP contribution in [0.1, 0.15) is 67.3 Å². The van der Waals surface area contributed by atoms with E-state index < -0.39 is 22.6 Å². The first-order chi connectivity index (χ1) is 21.6. The number of aromatic nitrogens is 1. The van der Waals surface area contributed by atoms with Crippen LogP contribution >= 0.6 is 0 Å². The summed E-state index contributed by atoms with van der Waals surface area (Å²) in [5.74, 6) is -0.927. The van der Waals surface area contributed by atoms with Crippen LogP contribution in [0.25, 0.3) is 10.9 Å². The standard InChI is InChI=1S/C29H38N4O5S.C6H6/c1-29(2,30-20-27(34)21-7-6-8-24(18-21)31-39(37)38)12-16-33-25(11-15-32-13-4-3-5-14-32)19-23-17-22(28(35)36)9-10-26(23)33;1-2-4-6-5-3-1/h6-10,17-19,27,30,34H,3-5,11-16,20H2,1-2H3,(H,35,36);1-6H. The number of likely N-dealkylation sites (tertiary alicyclic amines) is 1. The molecule has 0 radical (unpaired) electrons. The lowest BCUT2D eigenvalue weighted by molar-refractivity contribution is 0.0697. The highest BCUT2D eigenvalue weighted by Gasteiger charge is 2.21. The molecule has 5 rings (SSSR count). The molecule has 9 nitrogen and oxygen atoms in total. The van der Waals surface area contributed by atoms with Crippen molar-refractivity contribution in [2.24, 2.45) is 4.36 Å². The van der Waals surface area contributed by atoms with Gasteiger partial charge in [-0.2, -0.15) is 8.42 Å². The summed E-state index contributed by atoms with van der Waals surface area (Å²) in [5.41, 5.74) is 3.08. The van der Waals surface area contributed by atoms with Crippen LogP contribution in [0, 0.1) is 0 Å². The van der Waals surface area contributed by atoms with E-state index in [0.717, 1.165) is 49.9 Å². The Hall–Kier alpha value is -3.83. The molecule has 2 heterocycles. The van der Waals surface area contributed by atoms with Gasteiger partial charge in [0.1, 0.15) is 0 Å². The zero-order valence-corrected chi connectivity index (χ0v) is 26.9. The summed E-state index contributed by atoms with van der Waals surface area (Å²) in [4.78, 5) is 14.1. The molecule has 10 heteroatoms. The minimum atomic E-state index is -2.55. The number of aliphatic hydroxyl groups is 1. The quantitative estimate of drug-likeness (QED) is 0.169. The van der Waals surface area contributed by atoms with E-state index in [1.165, 1.54) is 25.0 Å². The maximum Gasteiger partial charge on any atom is 0.335 e. The number of nitrogens with zero attached hydrogens (tertiary/aromatic N) is 3. The van der Waals surface area contributed by atoms with Crippen LogP contribution in [-0.4, -0.2) is 65.8 Å². The van der Waals surface area contributed by atoms with Gasteiger partial charge in [-0.15, -0.1) is 4.36 Å². The number of carboxylic acids is 1. The summed E-state index contributed by atoms with van der Waals surface area (Å²) >= 11 is 0. The number of carbonyl (C=O) groups is 1. The van der Waals surface area contributed by atoms with Crippen molar-refractivity contribution in [2.75, 3.05) is 26.2 Å². The molecule has 0 spiro atoms. The molecular weight excluding hydrogens is 588 g/mol. The van der Waals surface area contributed by atoms with Gasteiger partial charge in [0.15, 0.2) is 0 Å². The van der Waals surface area contributed by atoms with Crippen molar-refractivity contribution in [1.82, 2.24) is 14.8 Å². The Balaban J connectivity index is 0.000000687. The largest absolute Gasteiger partial charge is 0.478 e. The van der Waals surface area contributed by atoms with Crippen molar-refractivity contribution >= 4 is 33.1 Å². The van der Waals surface area contributed by atoms with Crippen LogP contribution in [0.3, 0.4) is 0 Å². The molecule has 1 fully saturated rings. The molecule has 3 N–H and O–H groups in total. The average Bonchev–Trinajstić information content (AvgIpc) is 3.40. The number of β-amino-alcohol motifs (C(OH)–C–C–N with tert-alkyl or cyclic N) is 1. The summed E-state index contributed by atoms with van der Waals surface area (Å²) in [5, 5.41) is 24.6. The van der Waals surface area contributed by atoms with Gasteiger partial charge < -0.3 is 25.0 Å². The number of benzene rings is 3. The summed E-state index contributed by atoms with van der Waals surface area (Å²) in [6.07, 6.45) is 4.65. The van der Waals surface area contributed by atoms with Crippen LogP contribution < -0.4 is 5.32 Å². The van der Waals surface area contributed by atoms with Gasteiger partial charge >= 0.3 is 16.5 Å². The fourth-order valence-electron chi connectivity index (χ4n) is 5.62. The number of hydrogen-bond donors (Lipinski definition) is 3. The Labute approximate surface area is 267 Å². The number of fused-ring (bicyclic) bond motifs is 1. The number of piperidine rings is 1. The first kappa shape index (κ1) is 34.1. The minimum Gasteiger partial charge on any atom is -0.478 e. The van der Waals surface area contributed by atoms with Crippen LogP contribution in [0.15, 0.2) is 89.3 Å². The zero-order chi connectivity index (χ0) is 32.2. The highest BCUT2D eigenvalue weighted by atomic mass is 32.2. The molecule has 240 valence electrons. The predicted molar refractivity (Wildman–Crippen MR) is 178 cm³/mol. The number of nitrogens with one attached hydrogen (secondary N) is 1. The van der Waals surface area contributed by atoms with Crippen LogP contribution in [0.5, 0.6) is 0 Å². The van der Waals surface area contributed by atoms with E-state index in [9.17, 15) is 23.4 Å². The van der Waals surface area contributed by atoms with E-state index in [1.807, 2.05) is 42.5 Å². The second kappa shape index (κ2) is 16.5. The highest BCUT2D eigenvalue weighted by Crippen LogP contribution is 2.25. The molecule has 1 aliphatic heterocycles. The average molecular weight is 633 g/mol. The Morgan fingerprint density at radius 1 is 0.933 bits per heavy atom. The van der Waals surface area contributed by atoms with Crippen molar-refractivity contribution in [3.63, 3.8) is 0 Å². The van der Waals surface area contributed by atoms with Crippen LogP contribution in [-0.2, 0) is 23.5 Å². The van der Waals surface area contributed by atoms with E-state index in [1.54, 1.807) is 36.4 Å². The van der Waals surface area contributed by atoms with Crippen molar-refractivity contribution in [1.29, 1.82) is 0 Å². The third-order valence-electron chi connectivity index (χ3n) is 8.20. The molecule has 45 heavy (non-hydrogen) atoms. The Morgan fingerprint density at radius 3 is 2.27 bits per heavy atom. The molecule has 0 bridgehead atoms. The van der Waals surface area contributed by atoms with Gasteiger partial charge in [-0.05, 0) is 88.2 Å². The normalized spacial score (nSPS) is 14.4. The number of aromatic carboxylic acids is 1. The van der Waals surface area contributed by atoms with Gasteiger partial charge in [0.05, 0.1) is 17.4 Å². The molecule has 0 aliphatic carbocycles. The molecular formula is C35H44N4O5S. The zero-order valence-electron chi connectivity index (χ0n) is 26.1. The topological polar surface area (TPSA) is 124 Å². The Morgan fingerprint density at radius 2 is 1.62 bits per heavy atom. The molecule has 4 aromatic rings. The molecule has 1 unspecified atom stereocenters. The van der Waals surface area contributed by atoms with Crippen LogP contribution in [0.2, 0.25) is 0 Å². The lowest BCUT2D eigenvalue weighted by Gasteiger charge is -2.29. The summed E-state index contributed by atoms with van der Waals surface area (Å²) in [6.45, 7) is 8.48. The lowest BCUT2D eigenvalue weighted by atomic mass is 9.99. The third-order valence-corrected chi connectivity index (χ3v) is 8.56. The van der Waals surface area contributed by atoms with E-state index in [0.29, 0.717) is 12.1 Å². The number of hydrogen-bond acceptors (Lipinski definition) is 7. The molecule has 1 atom stereocenters. The highest BCUT2D eigenvalue weighted by molar-refractivity contribution is 7.61. The smallest absolute Gasteiger partial charge is 0.335 e. The molecule has 1 aliphatic rings. The first-order valence-corrected chi connectivity index (χ1v) is 16.6. The lowest BCUT2D eigenvalue weighted by Crippen LogP contribution is -2.42. The third kappa shape index (κ3) is 10.6.